The molecule has 15 heavy (non-hydrogen) atoms. The van der Waals surface area contributed by atoms with E-state index in [1.54, 1.807) is 0 Å². The summed E-state index contributed by atoms with van der Waals surface area (Å²) in [7, 11) is -2.94. The molecule has 0 aromatic rings. The average molecular weight is 236 g/mol. The standard InChI is InChI=1S/C9H20N2O3S/c1-3-5-8(10)9(12)11-6-4-7-15(2,13)14/h8H,3-7,10H2,1-2H3,(H,11,12)/t8-/m1/s1. The van der Waals surface area contributed by atoms with Gasteiger partial charge >= 0.3 is 0 Å². The molecule has 90 valence electrons. The number of amides is 1. The van der Waals surface area contributed by atoms with Crippen LogP contribution < -0.4 is 11.1 Å². The third-order valence-electron chi connectivity index (χ3n) is 1.93. The Labute approximate surface area is 91.3 Å². The Morgan fingerprint density at radius 1 is 1.47 bits per heavy atom. The SMILES string of the molecule is CCC[C@@H](N)C(=O)NCCCS(C)(=O)=O. The zero-order valence-corrected chi connectivity index (χ0v) is 10.1. The van der Waals surface area contributed by atoms with Crippen LogP contribution in [0.3, 0.4) is 0 Å². The van der Waals surface area contributed by atoms with Gasteiger partial charge < -0.3 is 11.1 Å². The summed E-state index contributed by atoms with van der Waals surface area (Å²) in [5.74, 6) is -0.110. The molecule has 3 N–H and O–H groups in total. The molecule has 0 spiro atoms. The molecule has 0 aliphatic heterocycles. The topological polar surface area (TPSA) is 89.3 Å². The monoisotopic (exact) mass is 236 g/mol. The first kappa shape index (κ1) is 14.4. The van der Waals surface area contributed by atoms with Gasteiger partial charge in [-0.3, -0.25) is 4.79 Å². The average Bonchev–Trinajstić information content (AvgIpc) is 2.11. The normalized spacial score (nSPS) is 13.5. The Kier molecular flexibility index (Phi) is 6.51. The minimum Gasteiger partial charge on any atom is -0.355 e. The molecule has 0 rings (SSSR count). The number of rotatable bonds is 7. The predicted octanol–water partition coefficient (Wildman–Crippen LogP) is -0.335. The minimum atomic E-state index is -2.94. The maximum absolute atomic E-state index is 11.3. The third kappa shape index (κ3) is 8.38. The Hall–Kier alpha value is -0.620. The molecule has 0 bridgehead atoms. The summed E-state index contributed by atoms with van der Waals surface area (Å²) in [6, 6.07) is -0.478. The Morgan fingerprint density at radius 2 is 2.07 bits per heavy atom. The first-order valence-corrected chi connectivity index (χ1v) is 7.14. The molecular weight excluding hydrogens is 216 g/mol. The van der Waals surface area contributed by atoms with Gasteiger partial charge in [0.2, 0.25) is 5.91 Å². The number of nitrogens with two attached hydrogens (primary N) is 1. The van der Waals surface area contributed by atoms with Crippen LogP contribution in [0.4, 0.5) is 0 Å². The summed E-state index contributed by atoms with van der Waals surface area (Å²) < 4.78 is 21.5. The Balaban J connectivity index is 3.64. The first-order valence-electron chi connectivity index (χ1n) is 5.08. The molecule has 0 fully saturated rings. The van der Waals surface area contributed by atoms with Crippen LogP contribution in [0, 0.1) is 0 Å². The fraction of sp³-hybridized carbons (Fsp3) is 0.889. The molecule has 0 aromatic heterocycles. The summed E-state index contributed by atoms with van der Waals surface area (Å²) in [6.07, 6.45) is 3.12. The van der Waals surface area contributed by atoms with E-state index in [9.17, 15) is 13.2 Å². The molecule has 6 heteroatoms. The number of hydrogen-bond acceptors (Lipinski definition) is 4. The van der Waals surface area contributed by atoms with E-state index in [1.807, 2.05) is 6.92 Å². The summed E-state index contributed by atoms with van der Waals surface area (Å²) in [4.78, 5) is 11.3. The van der Waals surface area contributed by atoms with Crippen LogP contribution in [0.15, 0.2) is 0 Å². The Bertz CT molecular complexity index is 288. The second-order valence-corrected chi connectivity index (χ2v) is 5.93. The third-order valence-corrected chi connectivity index (χ3v) is 2.96. The van der Waals surface area contributed by atoms with Gasteiger partial charge in [0.25, 0.3) is 0 Å². The predicted molar refractivity (Wildman–Crippen MR) is 60.2 cm³/mol. The molecule has 0 aromatic carbocycles. The lowest BCUT2D eigenvalue weighted by Crippen LogP contribution is -2.41. The van der Waals surface area contributed by atoms with Crippen LogP contribution in [0.25, 0.3) is 0 Å². The van der Waals surface area contributed by atoms with Crippen molar-refractivity contribution < 1.29 is 13.2 Å². The number of hydrogen-bond donors (Lipinski definition) is 2. The summed E-state index contributed by atoms with van der Waals surface area (Å²) in [5, 5.41) is 2.61. The molecule has 5 nitrogen and oxygen atoms in total. The van der Waals surface area contributed by atoms with Crippen molar-refractivity contribution in [2.45, 2.75) is 32.2 Å². The largest absolute Gasteiger partial charge is 0.355 e. The number of nitrogens with one attached hydrogen (secondary N) is 1. The summed E-state index contributed by atoms with van der Waals surface area (Å²) in [6.45, 7) is 2.32. The van der Waals surface area contributed by atoms with E-state index in [4.69, 9.17) is 5.73 Å². The molecule has 1 amide bonds. The smallest absolute Gasteiger partial charge is 0.236 e. The Morgan fingerprint density at radius 3 is 2.53 bits per heavy atom. The molecule has 0 aliphatic rings. The van der Waals surface area contributed by atoms with Crippen molar-refractivity contribution in [3.05, 3.63) is 0 Å². The molecule has 1 atom stereocenters. The lowest BCUT2D eigenvalue weighted by molar-refractivity contribution is -0.122. The zero-order chi connectivity index (χ0) is 11.9. The lowest BCUT2D eigenvalue weighted by atomic mass is 10.2. The van der Waals surface area contributed by atoms with Crippen molar-refractivity contribution >= 4 is 15.7 Å². The van der Waals surface area contributed by atoms with E-state index in [1.165, 1.54) is 6.26 Å². The van der Waals surface area contributed by atoms with Gasteiger partial charge in [-0.25, -0.2) is 8.42 Å². The van der Waals surface area contributed by atoms with E-state index in [0.717, 1.165) is 6.42 Å². The fourth-order valence-electron chi connectivity index (χ4n) is 1.12. The molecule has 0 saturated carbocycles. The van der Waals surface area contributed by atoms with Crippen LogP contribution in [0.5, 0.6) is 0 Å². The molecule has 0 saturated heterocycles. The van der Waals surface area contributed by atoms with Gasteiger partial charge in [0.15, 0.2) is 0 Å². The first-order chi connectivity index (χ1) is 6.87. The highest BCUT2D eigenvalue weighted by atomic mass is 32.2. The van der Waals surface area contributed by atoms with E-state index in [2.05, 4.69) is 5.32 Å². The number of sulfone groups is 1. The summed E-state index contributed by atoms with van der Waals surface area (Å²) in [5.41, 5.74) is 5.57. The van der Waals surface area contributed by atoms with Crippen LogP contribution in [-0.2, 0) is 14.6 Å². The number of carbonyl (C=O) groups is 1. The molecule has 0 aliphatic carbocycles. The number of carbonyl (C=O) groups excluding carboxylic acids is 1. The van der Waals surface area contributed by atoms with Crippen molar-refractivity contribution in [1.29, 1.82) is 0 Å². The second kappa shape index (κ2) is 6.79. The van der Waals surface area contributed by atoms with Crippen molar-refractivity contribution in [2.75, 3.05) is 18.6 Å². The van der Waals surface area contributed by atoms with Gasteiger partial charge in [-0.05, 0) is 12.8 Å². The van der Waals surface area contributed by atoms with Crippen molar-refractivity contribution in [1.82, 2.24) is 5.32 Å². The van der Waals surface area contributed by atoms with Crippen molar-refractivity contribution in [3.8, 4) is 0 Å². The molecule has 0 unspecified atom stereocenters. The maximum atomic E-state index is 11.3. The van der Waals surface area contributed by atoms with E-state index in [0.29, 0.717) is 19.4 Å². The van der Waals surface area contributed by atoms with E-state index < -0.39 is 15.9 Å². The lowest BCUT2D eigenvalue weighted by Gasteiger charge is -2.10. The molecular formula is C9H20N2O3S. The highest BCUT2D eigenvalue weighted by Gasteiger charge is 2.11. The van der Waals surface area contributed by atoms with Crippen LogP contribution in [0.1, 0.15) is 26.2 Å². The maximum Gasteiger partial charge on any atom is 0.236 e. The van der Waals surface area contributed by atoms with Crippen LogP contribution >= 0.6 is 0 Å². The second-order valence-electron chi connectivity index (χ2n) is 3.67. The van der Waals surface area contributed by atoms with E-state index >= 15 is 0 Å². The van der Waals surface area contributed by atoms with Gasteiger partial charge in [0, 0.05) is 12.8 Å². The molecule has 0 heterocycles. The van der Waals surface area contributed by atoms with Gasteiger partial charge in [-0.15, -0.1) is 0 Å². The van der Waals surface area contributed by atoms with E-state index in [-0.39, 0.29) is 11.7 Å². The zero-order valence-electron chi connectivity index (χ0n) is 9.32. The van der Waals surface area contributed by atoms with Gasteiger partial charge in [-0.2, -0.15) is 0 Å². The van der Waals surface area contributed by atoms with Crippen LogP contribution in [0.2, 0.25) is 0 Å². The molecule has 0 radical (unpaired) electrons. The van der Waals surface area contributed by atoms with Gasteiger partial charge in [0.1, 0.15) is 9.84 Å². The van der Waals surface area contributed by atoms with Crippen LogP contribution in [-0.4, -0.2) is 38.9 Å². The highest BCUT2D eigenvalue weighted by molar-refractivity contribution is 7.90. The van der Waals surface area contributed by atoms with Gasteiger partial charge in [0.05, 0.1) is 11.8 Å². The van der Waals surface area contributed by atoms with Gasteiger partial charge in [-0.1, -0.05) is 13.3 Å². The minimum absolute atomic E-state index is 0.0935. The van der Waals surface area contributed by atoms with Crippen molar-refractivity contribution in [3.63, 3.8) is 0 Å². The highest BCUT2D eigenvalue weighted by Crippen LogP contribution is 1.93. The quantitative estimate of drug-likeness (QED) is 0.592. The fourth-order valence-corrected chi connectivity index (χ4v) is 1.79. The summed E-state index contributed by atoms with van der Waals surface area (Å²) >= 11 is 0. The van der Waals surface area contributed by atoms with Crippen molar-refractivity contribution in [2.24, 2.45) is 5.73 Å².